The van der Waals surface area contributed by atoms with Crippen LogP contribution in [-0.2, 0) is 4.74 Å². The number of methoxy groups -OCH3 is 1. The highest BCUT2D eigenvalue weighted by atomic mass is 19.3. The molecule has 98 valence electrons. The molecular formula is C10H11BF2O5. The van der Waals surface area contributed by atoms with E-state index in [0.717, 1.165) is 13.2 Å². The van der Waals surface area contributed by atoms with Crippen LogP contribution in [0.3, 0.4) is 0 Å². The molecule has 2 N–H and O–H groups in total. The van der Waals surface area contributed by atoms with E-state index in [4.69, 9.17) is 14.8 Å². The van der Waals surface area contributed by atoms with Gasteiger partial charge in [-0.3, -0.25) is 0 Å². The summed E-state index contributed by atoms with van der Waals surface area (Å²) >= 11 is 0. The second-order valence-corrected chi connectivity index (χ2v) is 3.32. The molecule has 0 fully saturated rings. The fourth-order valence-corrected chi connectivity index (χ4v) is 1.27. The second-order valence-electron chi connectivity index (χ2n) is 3.32. The van der Waals surface area contributed by atoms with Gasteiger partial charge in [-0.2, -0.15) is 0 Å². The zero-order chi connectivity index (χ0) is 13.7. The Morgan fingerprint density at radius 1 is 1.44 bits per heavy atom. The molecule has 0 saturated carbocycles. The highest BCUT2D eigenvalue weighted by Gasteiger charge is 2.20. The molecule has 18 heavy (non-hydrogen) atoms. The van der Waals surface area contributed by atoms with Crippen molar-refractivity contribution >= 4 is 18.6 Å². The molecule has 0 radical (unpaired) electrons. The standard InChI is InChI=1S/C10H11BF2O5/c1-17-10(14)6-2-3-7(11(15)16)8(4-6)18-5-9(12)13/h2-4,9,15-16H,5H2,1H3. The Morgan fingerprint density at radius 3 is 2.61 bits per heavy atom. The van der Waals surface area contributed by atoms with Crippen LogP contribution in [0, 0.1) is 0 Å². The first kappa shape index (κ1) is 14.4. The van der Waals surface area contributed by atoms with Crippen LogP contribution in [0.4, 0.5) is 8.78 Å². The smallest absolute Gasteiger partial charge is 0.488 e. The predicted molar refractivity (Wildman–Crippen MR) is 59.1 cm³/mol. The van der Waals surface area contributed by atoms with Crippen molar-refractivity contribution in [3.63, 3.8) is 0 Å². The molecule has 1 aromatic carbocycles. The Balaban J connectivity index is 3.03. The van der Waals surface area contributed by atoms with Gasteiger partial charge in [-0.1, -0.05) is 6.07 Å². The van der Waals surface area contributed by atoms with E-state index in [9.17, 15) is 13.6 Å². The maximum atomic E-state index is 12.0. The van der Waals surface area contributed by atoms with Gasteiger partial charge in [0.05, 0.1) is 12.7 Å². The summed E-state index contributed by atoms with van der Waals surface area (Å²) in [6.45, 7) is -0.912. The van der Waals surface area contributed by atoms with Crippen molar-refractivity contribution < 1.29 is 33.1 Å². The van der Waals surface area contributed by atoms with Gasteiger partial charge in [-0.25, -0.2) is 13.6 Å². The van der Waals surface area contributed by atoms with Crippen molar-refractivity contribution in [2.24, 2.45) is 0 Å². The molecule has 0 heterocycles. The third-order valence-electron chi connectivity index (χ3n) is 2.08. The molecule has 0 aliphatic heterocycles. The van der Waals surface area contributed by atoms with Crippen molar-refractivity contribution in [1.29, 1.82) is 0 Å². The highest BCUT2D eigenvalue weighted by Crippen LogP contribution is 2.13. The van der Waals surface area contributed by atoms with E-state index in [0.29, 0.717) is 0 Å². The number of rotatable bonds is 5. The first-order valence-corrected chi connectivity index (χ1v) is 4.95. The monoisotopic (exact) mass is 260 g/mol. The summed E-state index contributed by atoms with van der Waals surface area (Å²) in [5.41, 5.74) is -0.0468. The number of halogens is 2. The molecule has 0 bridgehead atoms. The Hall–Kier alpha value is -1.67. The summed E-state index contributed by atoms with van der Waals surface area (Å²) in [6, 6.07) is 3.58. The largest absolute Gasteiger partial charge is 0.492 e. The normalized spacial score (nSPS) is 10.3. The minimum Gasteiger partial charge on any atom is -0.488 e. The van der Waals surface area contributed by atoms with Gasteiger partial charge in [0, 0.05) is 5.46 Å². The number of carbonyl (C=O) groups is 1. The Bertz CT molecular complexity index is 425. The molecule has 0 aliphatic carbocycles. The number of esters is 1. The summed E-state index contributed by atoms with van der Waals surface area (Å²) in [6.07, 6.45) is -2.71. The summed E-state index contributed by atoms with van der Waals surface area (Å²) in [7, 11) is -0.721. The van der Waals surface area contributed by atoms with Gasteiger partial charge in [0.2, 0.25) is 0 Å². The zero-order valence-electron chi connectivity index (χ0n) is 9.47. The predicted octanol–water partition coefficient (Wildman–Crippen LogP) is -0.203. The van der Waals surface area contributed by atoms with Crippen molar-refractivity contribution in [3.05, 3.63) is 23.8 Å². The van der Waals surface area contributed by atoms with E-state index in [1.165, 1.54) is 12.1 Å². The molecule has 1 aromatic rings. The quantitative estimate of drug-likeness (QED) is 0.566. The number of hydrogen-bond acceptors (Lipinski definition) is 5. The molecule has 1 rings (SSSR count). The average Bonchev–Trinajstić information content (AvgIpc) is 2.34. The van der Waals surface area contributed by atoms with Crippen LogP contribution in [0.1, 0.15) is 10.4 Å². The molecule has 0 saturated heterocycles. The van der Waals surface area contributed by atoms with E-state index < -0.39 is 26.1 Å². The van der Waals surface area contributed by atoms with Crippen LogP contribution >= 0.6 is 0 Å². The highest BCUT2D eigenvalue weighted by molar-refractivity contribution is 6.59. The number of carbonyl (C=O) groups excluding carboxylic acids is 1. The Kier molecular flexibility index (Phi) is 5.05. The SMILES string of the molecule is COC(=O)c1ccc(B(O)O)c(OCC(F)F)c1. The van der Waals surface area contributed by atoms with Crippen molar-refractivity contribution in [2.75, 3.05) is 13.7 Å². The van der Waals surface area contributed by atoms with Crippen LogP contribution in [0.2, 0.25) is 0 Å². The van der Waals surface area contributed by atoms with Gasteiger partial charge < -0.3 is 19.5 Å². The summed E-state index contributed by atoms with van der Waals surface area (Å²) in [5, 5.41) is 18.1. The maximum Gasteiger partial charge on any atom is 0.492 e. The lowest BCUT2D eigenvalue weighted by Crippen LogP contribution is -2.32. The topological polar surface area (TPSA) is 76.0 Å². The molecule has 0 spiro atoms. The van der Waals surface area contributed by atoms with E-state index in [1.54, 1.807) is 0 Å². The van der Waals surface area contributed by atoms with Gasteiger partial charge in [0.1, 0.15) is 12.4 Å². The van der Waals surface area contributed by atoms with E-state index in [2.05, 4.69) is 4.74 Å². The fourth-order valence-electron chi connectivity index (χ4n) is 1.27. The second kappa shape index (κ2) is 6.32. The van der Waals surface area contributed by atoms with Gasteiger partial charge in [-0.15, -0.1) is 0 Å². The molecule has 0 unspecified atom stereocenters. The number of benzene rings is 1. The molecule has 0 aromatic heterocycles. The molecule has 5 nitrogen and oxygen atoms in total. The summed E-state index contributed by atoms with van der Waals surface area (Å²) in [5.74, 6) is -0.885. The lowest BCUT2D eigenvalue weighted by molar-refractivity contribution is 0.0599. The van der Waals surface area contributed by atoms with Gasteiger partial charge in [0.15, 0.2) is 0 Å². The number of ether oxygens (including phenoxy) is 2. The lowest BCUT2D eigenvalue weighted by atomic mass is 9.79. The van der Waals surface area contributed by atoms with Crippen molar-refractivity contribution in [2.45, 2.75) is 6.43 Å². The van der Waals surface area contributed by atoms with Crippen LogP contribution in [0.15, 0.2) is 18.2 Å². The summed E-state index contributed by atoms with van der Waals surface area (Å²) in [4.78, 5) is 11.2. The minimum atomic E-state index is -2.71. The third kappa shape index (κ3) is 3.68. The van der Waals surface area contributed by atoms with Crippen LogP contribution in [-0.4, -0.2) is 43.3 Å². The van der Waals surface area contributed by atoms with E-state index >= 15 is 0 Å². The Morgan fingerprint density at radius 2 is 2.11 bits per heavy atom. The van der Waals surface area contributed by atoms with Gasteiger partial charge >= 0.3 is 13.1 Å². The van der Waals surface area contributed by atoms with E-state index in [1.807, 2.05) is 0 Å². The van der Waals surface area contributed by atoms with Crippen LogP contribution < -0.4 is 10.2 Å². The first-order valence-electron chi connectivity index (χ1n) is 4.95. The molecular weight excluding hydrogens is 249 g/mol. The molecule has 0 amide bonds. The molecule has 0 aliphatic rings. The van der Waals surface area contributed by atoms with Crippen LogP contribution in [0.25, 0.3) is 0 Å². The number of hydrogen-bond donors (Lipinski definition) is 2. The third-order valence-corrected chi connectivity index (χ3v) is 2.08. The maximum absolute atomic E-state index is 12.0. The fraction of sp³-hybridized carbons (Fsp3) is 0.300. The molecule has 0 atom stereocenters. The lowest BCUT2D eigenvalue weighted by Gasteiger charge is -2.12. The first-order chi connectivity index (χ1) is 8.45. The van der Waals surface area contributed by atoms with Crippen LogP contribution in [0.5, 0.6) is 5.75 Å². The minimum absolute atomic E-state index is 0.0613. The van der Waals surface area contributed by atoms with E-state index in [-0.39, 0.29) is 16.8 Å². The van der Waals surface area contributed by atoms with Gasteiger partial charge in [-0.05, 0) is 12.1 Å². The average molecular weight is 260 g/mol. The molecule has 8 heteroatoms. The number of alkyl halides is 2. The summed E-state index contributed by atoms with van der Waals surface area (Å²) < 4.78 is 33.2. The van der Waals surface area contributed by atoms with Crippen molar-refractivity contribution in [1.82, 2.24) is 0 Å². The Labute approximate surface area is 102 Å². The zero-order valence-corrected chi connectivity index (χ0v) is 9.47. The van der Waals surface area contributed by atoms with Gasteiger partial charge in [0.25, 0.3) is 6.43 Å². The van der Waals surface area contributed by atoms with Crippen molar-refractivity contribution in [3.8, 4) is 5.75 Å².